The first-order valence-electron chi connectivity index (χ1n) is 11.7. The molecule has 1 aliphatic rings. The van der Waals surface area contributed by atoms with Crippen molar-refractivity contribution in [1.29, 1.82) is 0 Å². The number of hydrogen-bond donors (Lipinski definition) is 2. The third-order valence-corrected chi connectivity index (χ3v) is 6.44. The predicted octanol–water partition coefficient (Wildman–Crippen LogP) is 5.10. The Kier molecular flexibility index (Phi) is 6.43. The van der Waals surface area contributed by atoms with Crippen molar-refractivity contribution in [1.82, 2.24) is 10.2 Å². The summed E-state index contributed by atoms with van der Waals surface area (Å²) in [5, 5.41) is 12.9. The van der Waals surface area contributed by atoms with Crippen molar-refractivity contribution >= 4 is 17.8 Å². The largest absolute Gasteiger partial charge is 0.478 e. The molecule has 178 valence electrons. The Bertz CT molecular complexity index is 1370. The Morgan fingerprint density at radius 2 is 1.19 bits per heavy atom. The molecular formula is C30H24N2O4. The van der Waals surface area contributed by atoms with Crippen molar-refractivity contribution in [2.24, 2.45) is 0 Å². The van der Waals surface area contributed by atoms with Gasteiger partial charge in [-0.15, -0.1) is 0 Å². The monoisotopic (exact) mass is 476 g/mol. The van der Waals surface area contributed by atoms with E-state index < -0.39 is 23.8 Å². The fraction of sp³-hybridized carbons (Fsp3) is 0.100. The van der Waals surface area contributed by atoms with Crippen LogP contribution in [0, 0.1) is 0 Å². The van der Waals surface area contributed by atoms with E-state index >= 15 is 0 Å². The SMILES string of the molecule is O=C(O)c1ccc2c(c1)C(=O)N([C@H](CNC(c1ccccc1)c1ccccc1)c1ccccc1)C2=O. The first-order valence-corrected chi connectivity index (χ1v) is 11.7. The Morgan fingerprint density at radius 1 is 0.694 bits per heavy atom. The normalized spacial score (nSPS) is 13.6. The molecular weight excluding hydrogens is 452 g/mol. The van der Waals surface area contributed by atoms with Gasteiger partial charge < -0.3 is 10.4 Å². The van der Waals surface area contributed by atoms with Crippen molar-refractivity contribution in [2.75, 3.05) is 6.54 Å². The number of nitrogens with zero attached hydrogens (tertiary/aromatic N) is 1. The highest BCUT2D eigenvalue weighted by atomic mass is 16.4. The Balaban J connectivity index is 1.50. The lowest BCUT2D eigenvalue weighted by atomic mass is 9.97. The van der Waals surface area contributed by atoms with Gasteiger partial charge in [0.15, 0.2) is 0 Å². The fourth-order valence-electron chi connectivity index (χ4n) is 4.66. The number of nitrogens with one attached hydrogen (secondary N) is 1. The highest BCUT2D eigenvalue weighted by molar-refractivity contribution is 6.22. The van der Waals surface area contributed by atoms with Crippen LogP contribution >= 0.6 is 0 Å². The van der Waals surface area contributed by atoms with Crippen molar-refractivity contribution in [3.8, 4) is 0 Å². The minimum Gasteiger partial charge on any atom is -0.478 e. The summed E-state index contributed by atoms with van der Waals surface area (Å²) in [5.41, 5.74) is 3.22. The minimum absolute atomic E-state index is 0.0284. The third-order valence-electron chi connectivity index (χ3n) is 6.44. The molecule has 0 saturated heterocycles. The zero-order valence-electron chi connectivity index (χ0n) is 19.4. The molecule has 0 radical (unpaired) electrons. The van der Waals surface area contributed by atoms with Crippen molar-refractivity contribution in [2.45, 2.75) is 12.1 Å². The molecule has 0 aromatic heterocycles. The maximum atomic E-state index is 13.5. The highest BCUT2D eigenvalue weighted by Crippen LogP contribution is 2.33. The lowest BCUT2D eigenvalue weighted by molar-refractivity contribution is 0.0578. The van der Waals surface area contributed by atoms with Gasteiger partial charge in [0, 0.05) is 6.54 Å². The van der Waals surface area contributed by atoms with E-state index in [0.717, 1.165) is 16.7 Å². The molecule has 2 amide bonds. The molecule has 6 nitrogen and oxygen atoms in total. The predicted molar refractivity (Wildman–Crippen MR) is 136 cm³/mol. The van der Waals surface area contributed by atoms with Gasteiger partial charge in [0.2, 0.25) is 0 Å². The van der Waals surface area contributed by atoms with Crippen LogP contribution in [0.5, 0.6) is 0 Å². The molecule has 0 bridgehead atoms. The lowest BCUT2D eigenvalue weighted by Gasteiger charge is -2.29. The van der Waals surface area contributed by atoms with Gasteiger partial charge in [0.05, 0.1) is 28.8 Å². The van der Waals surface area contributed by atoms with Gasteiger partial charge in [0.25, 0.3) is 11.8 Å². The van der Waals surface area contributed by atoms with Crippen molar-refractivity contribution in [3.05, 3.63) is 143 Å². The number of carbonyl (C=O) groups excluding carboxylic acids is 2. The molecule has 0 fully saturated rings. The topological polar surface area (TPSA) is 86.7 Å². The number of aromatic carboxylic acids is 1. The van der Waals surface area contributed by atoms with E-state index in [2.05, 4.69) is 5.32 Å². The molecule has 0 unspecified atom stereocenters. The first-order chi connectivity index (χ1) is 17.5. The van der Waals surface area contributed by atoms with Gasteiger partial charge in [0.1, 0.15) is 0 Å². The number of carboxylic acids is 1. The van der Waals surface area contributed by atoms with Crippen LogP contribution in [-0.4, -0.2) is 34.3 Å². The highest BCUT2D eigenvalue weighted by Gasteiger charge is 2.41. The molecule has 0 saturated carbocycles. The van der Waals surface area contributed by atoms with E-state index in [1.165, 1.54) is 23.1 Å². The molecule has 2 N–H and O–H groups in total. The van der Waals surface area contributed by atoms with Crippen LogP contribution in [0.2, 0.25) is 0 Å². The van der Waals surface area contributed by atoms with E-state index in [1.54, 1.807) is 0 Å². The van der Waals surface area contributed by atoms with Crippen LogP contribution in [-0.2, 0) is 0 Å². The van der Waals surface area contributed by atoms with E-state index in [4.69, 9.17) is 0 Å². The zero-order valence-corrected chi connectivity index (χ0v) is 19.4. The van der Waals surface area contributed by atoms with E-state index in [9.17, 15) is 19.5 Å². The summed E-state index contributed by atoms with van der Waals surface area (Å²) < 4.78 is 0. The van der Waals surface area contributed by atoms with E-state index in [-0.39, 0.29) is 22.7 Å². The number of imide groups is 1. The summed E-state index contributed by atoms with van der Waals surface area (Å²) in [6.45, 7) is 0.301. The summed E-state index contributed by atoms with van der Waals surface area (Å²) in [5.74, 6) is -2.07. The maximum Gasteiger partial charge on any atom is 0.335 e. The number of rotatable bonds is 8. The summed E-state index contributed by atoms with van der Waals surface area (Å²) >= 11 is 0. The standard InChI is InChI=1S/C30H24N2O4/c33-28-24-17-16-23(30(35)36)18-25(24)29(34)32(28)26(20-10-4-1-5-11-20)19-31-27(21-12-6-2-7-13-21)22-14-8-3-9-15-22/h1-18,26-27,31H,19H2,(H,35,36)/t26-/m1/s1. The molecule has 1 aliphatic heterocycles. The minimum atomic E-state index is -1.15. The fourth-order valence-corrected chi connectivity index (χ4v) is 4.66. The number of carbonyl (C=O) groups is 3. The smallest absolute Gasteiger partial charge is 0.335 e. The van der Waals surface area contributed by atoms with Crippen molar-refractivity contribution < 1.29 is 19.5 Å². The van der Waals surface area contributed by atoms with Gasteiger partial charge in [-0.05, 0) is 34.9 Å². The molecule has 0 aliphatic carbocycles. The molecule has 4 aromatic rings. The molecule has 36 heavy (non-hydrogen) atoms. The Hall–Kier alpha value is -4.55. The van der Waals surface area contributed by atoms with Crippen LogP contribution in [0.15, 0.2) is 109 Å². The molecule has 0 spiro atoms. The lowest BCUT2D eigenvalue weighted by Crippen LogP contribution is -2.40. The van der Waals surface area contributed by atoms with Gasteiger partial charge >= 0.3 is 5.97 Å². The van der Waals surface area contributed by atoms with Crippen LogP contribution in [0.3, 0.4) is 0 Å². The average Bonchev–Trinajstić information content (AvgIpc) is 3.17. The molecule has 4 aromatic carbocycles. The zero-order chi connectivity index (χ0) is 25.1. The van der Waals surface area contributed by atoms with Crippen LogP contribution in [0.1, 0.15) is 59.8 Å². The van der Waals surface area contributed by atoms with Gasteiger partial charge in [-0.2, -0.15) is 0 Å². The third kappa shape index (κ3) is 4.42. The van der Waals surface area contributed by atoms with E-state index in [0.29, 0.717) is 6.54 Å². The summed E-state index contributed by atoms with van der Waals surface area (Å²) in [6.07, 6.45) is 0. The number of carboxylic acid groups (broad SMARTS) is 1. The number of benzene rings is 4. The Morgan fingerprint density at radius 3 is 1.72 bits per heavy atom. The molecule has 6 heteroatoms. The molecule has 5 rings (SSSR count). The average molecular weight is 477 g/mol. The summed E-state index contributed by atoms with van der Waals surface area (Å²) in [4.78, 5) is 39.6. The van der Waals surface area contributed by atoms with Crippen LogP contribution < -0.4 is 5.32 Å². The molecule has 1 atom stereocenters. The maximum absolute atomic E-state index is 13.5. The summed E-state index contributed by atoms with van der Waals surface area (Å²) in [7, 11) is 0. The second kappa shape index (κ2) is 9.98. The van der Waals surface area contributed by atoms with Gasteiger partial charge in [-0.1, -0.05) is 91.0 Å². The number of fused-ring (bicyclic) bond motifs is 1. The summed E-state index contributed by atoms with van der Waals surface area (Å²) in [6, 6.07) is 32.7. The van der Waals surface area contributed by atoms with E-state index in [1.807, 2.05) is 91.0 Å². The van der Waals surface area contributed by atoms with Gasteiger partial charge in [-0.3, -0.25) is 14.5 Å². The Labute approximate surface area is 208 Å². The second-order valence-corrected chi connectivity index (χ2v) is 8.63. The number of hydrogen-bond acceptors (Lipinski definition) is 4. The van der Waals surface area contributed by atoms with Crippen LogP contribution in [0.25, 0.3) is 0 Å². The quantitative estimate of drug-likeness (QED) is 0.346. The number of amides is 2. The molecule has 1 heterocycles. The first kappa shape index (κ1) is 23.2. The second-order valence-electron chi connectivity index (χ2n) is 8.63. The van der Waals surface area contributed by atoms with Crippen molar-refractivity contribution in [3.63, 3.8) is 0 Å². The van der Waals surface area contributed by atoms with Gasteiger partial charge in [-0.25, -0.2) is 4.79 Å². The van der Waals surface area contributed by atoms with Crippen LogP contribution in [0.4, 0.5) is 0 Å².